The maximum absolute atomic E-state index is 13.4. The predicted molar refractivity (Wildman–Crippen MR) is 91.2 cm³/mol. The van der Waals surface area contributed by atoms with Crippen LogP contribution in [0.25, 0.3) is 0 Å². The van der Waals surface area contributed by atoms with Crippen LogP contribution in [-0.2, 0) is 26.1 Å². The lowest BCUT2D eigenvalue weighted by atomic mass is 10.2. The Morgan fingerprint density at radius 3 is 2.54 bits per heavy atom. The predicted octanol–water partition coefficient (Wildman–Crippen LogP) is 1.21. The summed E-state index contributed by atoms with van der Waals surface area (Å²) >= 11 is 0. The SMILES string of the molecule is CNS(=O)(=O)c1cccc(C(=O)OCC(=O)NCc2ccccc2F)c1. The molecule has 0 spiro atoms. The second kappa shape index (κ2) is 8.54. The Kier molecular flexibility index (Phi) is 6.42. The fraction of sp³-hybridized carbons (Fsp3) is 0.176. The molecule has 0 saturated carbocycles. The molecule has 0 aromatic heterocycles. The van der Waals surface area contributed by atoms with Gasteiger partial charge in [-0.2, -0.15) is 0 Å². The number of esters is 1. The third kappa shape index (κ3) is 5.11. The van der Waals surface area contributed by atoms with Gasteiger partial charge in [0.15, 0.2) is 6.61 Å². The van der Waals surface area contributed by atoms with Gasteiger partial charge in [-0.15, -0.1) is 0 Å². The Morgan fingerprint density at radius 1 is 1.12 bits per heavy atom. The molecule has 0 aliphatic carbocycles. The number of carbonyl (C=O) groups excluding carboxylic acids is 2. The lowest BCUT2D eigenvalue weighted by molar-refractivity contribution is -0.124. The van der Waals surface area contributed by atoms with Crippen LogP contribution in [0.2, 0.25) is 0 Å². The van der Waals surface area contributed by atoms with E-state index in [1.807, 2.05) is 0 Å². The van der Waals surface area contributed by atoms with Crippen LogP contribution in [-0.4, -0.2) is 33.9 Å². The number of hydrogen-bond donors (Lipinski definition) is 2. The topological polar surface area (TPSA) is 102 Å². The minimum Gasteiger partial charge on any atom is -0.452 e. The fourth-order valence-electron chi connectivity index (χ4n) is 2.01. The number of amides is 1. The molecule has 26 heavy (non-hydrogen) atoms. The number of hydrogen-bond acceptors (Lipinski definition) is 5. The minimum absolute atomic E-state index is 0.0109. The highest BCUT2D eigenvalue weighted by atomic mass is 32.2. The number of sulfonamides is 1. The number of carbonyl (C=O) groups is 2. The van der Waals surface area contributed by atoms with Crippen molar-refractivity contribution in [2.24, 2.45) is 0 Å². The Bertz CT molecular complexity index is 915. The van der Waals surface area contributed by atoms with Crippen molar-refractivity contribution in [2.75, 3.05) is 13.7 Å². The zero-order chi connectivity index (χ0) is 19.2. The molecule has 0 bridgehead atoms. The molecule has 0 atom stereocenters. The highest BCUT2D eigenvalue weighted by Crippen LogP contribution is 2.12. The molecule has 1 amide bonds. The van der Waals surface area contributed by atoms with Gasteiger partial charge < -0.3 is 10.1 Å². The van der Waals surface area contributed by atoms with Crippen LogP contribution in [0.5, 0.6) is 0 Å². The van der Waals surface area contributed by atoms with Gasteiger partial charge in [-0.1, -0.05) is 24.3 Å². The first kappa shape index (κ1) is 19.5. The average Bonchev–Trinajstić information content (AvgIpc) is 2.65. The molecule has 0 radical (unpaired) electrons. The van der Waals surface area contributed by atoms with Crippen LogP contribution in [0.1, 0.15) is 15.9 Å². The average molecular weight is 380 g/mol. The van der Waals surface area contributed by atoms with Crippen molar-refractivity contribution in [3.63, 3.8) is 0 Å². The van der Waals surface area contributed by atoms with Crippen LogP contribution in [0.4, 0.5) is 4.39 Å². The van der Waals surface area contributed by atoms with Crippen LogP contribution in [0.3, 0.4) is 0 Å². The molecule has 0 fully saturated rings. The molecule has 2 N–H and O–H groups in total. The van der Waals surface area contributed by atoms with Gasteiger partial charge in [0, 0.05) is 12.1 Å². The highest BCUT2D eigenvalue weighted by Gasteiger charge is 2.16. The second-order valence-corrected chi connectivity index (χ2v) is 7.07. The standard InChI is InChI=1S/C17H17FN2O5S/c1-19-26(23,24)14-7-4-6-12(9-14)17(22)25-11-16(21)20-10-13-5-2-3-8-15(13)18/h2-9,19H,10-11H2,1H3,(H,20,21). The van der Waals surface area contributed by atoms with Gasteiger partial charge in [-0.25, -0.2) is 22.3 Å². The first-order chi connectivity index (χ1) is 12.3. The van der Waals surface area contributed by atoms with Crippen molar-refractivity contribution in [2.45, 2.75) is 11.4 Å². The summed E-state index contributed by atoms with van der Waals surface area (Å²) in [6.45, 7) is -0.616. The highest BCUT2D eigenvalue weighted by molar-refractivity contribution is 7.89. The molecular weight excluding hydrogens is 363 g/mol. The molecular formula is C17H17FN2O5S. The molecule has 7 nitrogen and oxygen atoms in total. The summed E-state index contributed by atoms with van der Waals surface area (Å²) in [5.74, 6) is -1.91. The molecule has 0 aliphatic rings. The summed E-state index contributed by atoms with van der Waals surface area (Å²) in [6.07, 6.45) is 0. The number of rotatable bonds is 7. The zero-order valence-corrected chi connectivity index (χ0v) is 14.7. The molecule has 0 aliphatic heterocycles. The maximum atomic E-state index is 13.4. The maximum Gasteiger partial charge on any atom is 0.338 e. The van der Waals surface area contributed by atoms with E-state index in [2.05, 4.69) is 10.0 Å². The van der Waals surface area contributed by atoms with Crippen molar-refractivity contribution < 1.29 is 27.1 Å². The molecule has 0 heterocycles. The van der Waals surface area contributed by atoms with E-state index < -0.39 is 34.3 Å². The summed E-state index contributed by atoms with van der Waals surface area (Å²) < 4.78 is 43.9. The van der Waals surface area contributed by atoms with Crippen molar-refractivity contribution >= 4 is 21.9 Å². The molecule has 138 valence electrons. The smallest absolute Gasteiger partial charge is 0.338 e. The molecule has 0 unspecified atom stereocenters. The largest absolute Gasteiger partial charge is 0.452 e. The lowest BCUT2D eigenvalue weighted by Gasteiger charge is -2.08. The quantitative estimate of drug-likeness (QED) is 0.703. The van der Waals surface area contributed by atoms with Crippen molar-refractivity contribution in [3.8, 4) is 0 Å². The van der Waals surface area contributed by atoms with E-state index in [4.69, 9.17) is 4.74 Å². The van der Waals surface area contributed by atoms with Gasteiger partial charge in [0.1, 0.15) is 5.82 Å². The van der Waals surface area contributed by atoms with E-state index >= 15 is 0 Å². The van der Waals surface area contributed by atoms with E-state index in [1.54, 1.807) is 6.07 Å². The van der Waals surface area contributed by atoms with E-state index in [-0.39, 0.29) is 17.0 Å². The zero-order valence-electron chi connectivity index (χ0n) is 13.9. The van der Waals surface area contributed by atoms with E-state index in [0.717, 1.165) is 6.07 Å². The van der Waals surface area contributed by atoms with Gasteiger partial charge in [-0.3, -0.25) is 4.79 Å². The Hall–Kier alpha value is -2.78. The molecule has 2 aromatic rings. The van der Waals surface area contributed by atoms with Crippen LogP contribution in [0, 0.1) is 5.82 Å². The first-order valence-electron chi connectivity index (χ1n) is 7.54. The van der Waals surface area contributed by atoms with Gasteiger partial charge in [0.25, 0.3) is 5.91 Å². The summed E-state index contributed by atoms with van der Waals surface area (Å²) in [4.78, 5) is 23.6. The Labute approximate surface area is 150 Å². The third-order valence-electron chi connectivity index (χ3n) is 3.42. The summed E-state index contributed by atoms with van der Waals surface area (Å²) in [6, 6.07) is 11.2. The van der Waals surface area contributed by atoms with Gasteiger partial charge >= 0.3 is 5.97 Å². The van der Waals surface area contributed by atoms with Gasteiger partial charge in [0.05, 0.1) is 10.5 Å². The summed E-state index contributed by atoms with van der Waals surface area (Å²) in [7, 11) is -2.45. The minimum atomic E-state index is -3.70. The molecule has 9 heteroatoms. The first-order valence-corrected chi connectivity index (χ1v) is 9.02. The Balaban J connectivity index is 1.91. The van der Waals surface area contributed by atoms with Gasteiger partial charge in [-0.05, 0) is 31.3 Å². The van der Waals surface area contributed by atoms with Crippen molar-refractivity contribution in [3.05, 3.63) is 65.5 Å². The number of halogens is 1. The fourth-order valence-corrected chi connectivity index (χ4v) is 2.78. The van der Waals surface area contributed by atoms with E-state index in [0.29, 0.717) is 5.56 Å². The van der Waals surface area contributed by atoms with E-state index in [1.165, 1.54) is 43.4 Å². The number of ether oxygens (including phenoxy) is 1. The molecule has 0 saturated heterocycles. The van der Waals surface area contributed by atoms with Crippen LogP contribution in [0.15, 0.2) is 53.4 Å². The van der Waals surface area contributed by atoms with Crippen molar-refractivity contribution in [1.82, 2.24) is 10.0 Å². The van der Waals surface area contributed by atoms with Gasteiger partial charge in [0.2, 0.25) is 10.0 Å². The molecule has 2 aromatic carbocycles. The van der Waals surface area contributed by atoms with Crippen LogP contribution >= 0.6 is 0 Å². The van der Waals surface area contributed by atoms with Crippen LogP contribution < -0.4 is 10.0 Å². The van der Waals surface area contributed by atoms with E-state index in [9.17, 15) is 22.4 Å². The second-order valence-electron chi connectivity index (χ2n) is 5.18. The normalized spacial score (nSPS) is 11.0. The Morgan fingerprint density at radius 2 is 1.85 bits per heavy atom. The summed E-state index contributed by atoms with van der Waals surface area (Å²) in [5.41, 5.74) is 0.292. The summed E-state index contributed by atoms with van der Waals surface area (Å²) in [5, 5.41) is 2.43. The monoisotopic (exact) mass is 380 g/mol. The van der Waals surface area contributed by atoms with Crippen molar-refractivity contribution in [1.29, 1.82) is 0 Å². The molecule has 2 rings (SSSR count). The lowest BCUT2D eigenvalue weighted by Crippen LogP contribution is -2.28. The number of benzene rings is 2. The number of nitrogens with one attached hydrogen (secondary N) is 2. The third-order valence-corrected chi connectivity index (χ3v) is 4.83.